The Kier molecular flexibility index (Phi) is 4.29. The molecule has 3 heteroatoms. The van der Waals surface area contributed by atoms with Gasteiger partial charge in [-0.15, -0.1) is 11.3 Å². The van der Waals surface area contributed by atoms with Gasteiger partial charge >= 0.3 is 0 Å². The van der Waals surface area contributed by atoms with Crippen molar-refractivity contribution in [2.75, 3.05) is 13.1 Å². The zero-order valence-electron chi connectivity index (χ0n) is 7.29. The Labute approximate surface area is 77.2 Å². The number of hydrogen-bond acceptors (Lipinski definition) is 3. The summed E-state index contributed by atoms with van der Waals surface area (Å²) in [5.41, 5.74) is 0. The van der Waals surface area contributed by atoms with Crippen LogP contribution in [0.4, 0.5) is 0 Å². The Bertz CT molecular complexity index is 196. The number of nitrogens with one attached hydrogen (secondary N) is 1. The van der Waals surface area contributed by atoms with Crippen molar-refractivity contribution in [3.05, 3.63) is 22.4 Å². The van der Waals surface area contributed by atoms with Gasteiger partial charge in [0.05, 0.1) is 6.10 Å². The number of thiophene rings is 1. The van der Waals surface area contributed by atoms with Crippen LogP contribution in [0.25, 0.3) is 0 Å². The molecule has 1 atom stereocenters. The van der Waals surface area contributed by atoms with E-state index < -0.39 is 0 Å². The predicted octanol–water partition coefficient (Wildman–Crippen LogP) is 1.26. The molecular formula is C9H15NOS. The van der Waals surface area contributed by atoms with Crippen LogP contribution in [0, 0.1) is 0 Å². The molecule has 0 radical (unpaired) electrons. The summed E-state index contributed by atoms with van der Waals surface area (Å²) in [7, 11) is 0. The van der Waals surface area contributed by atoms with E-state index in [1.54, 1.807) is 18.3 Å². The Balaban J connectivity index is 2.04. The average molecular weight is 185 g/mol. The third kappa shape index (κ3) is 3.85. The van der Waals surface area contributed by atoms with Gasteiger partial charge in [-0.05, 0) is 24.8 Å². The van der Waals surface area contributed by atoms with Crippen LogP contribution in [0.3, 0.4) is 0 Å². The van der Waals surface area contributed by atoms with Gasteiger partial charge in [-0.3, -0.25) is 0 Å². The van der Waals surface area contributed by atoms with Crippen LogP contribution in [0.15, 0.2) is 17.5 Å². The molecule has 0 aliphatic rings. The summed E-state index contributed by atoms with van der Waals surface area (Å²) in [6, 6.07) is 4.20. The van der Waals surface area contributed by atoms with E-state index in [1.165, 1.54) is 4.88 Å². The van der Waals surface area contributed by atoms with Crippen LogP contribution in [-0.4, -0.2) is 24.3 Å². The van der Waals surface area contributed by atoms with Crippen molar-refractivity contribution in [3.8, 4) is 0 Å². The van der Waals surface area contributed by atoms with Crippen LogP contribution in [0.1, 0.15) is 11.8 Å². The fourth-order valence-corrected chi connectivity index (χ4v) is 1.69. The van der Waals surface area contributed by atoms with E-state index in [4.69, 9.17) is 5.11 Å². The number of aliphatic hydroxyl groups excluding tert-OH is 1. The molecule has 0 saturated carbocycles. The van der Waals surface area contributed by atoms with Crippen molar-refractivity contribution < 1.29 is 5.11 Å². The molecule has 68 valence electrons. The molecule has 0 fully saturated rings. The van der Waals surface area contributed by atoms with Crippen molar-refractivity contribution in [3.63, 3.8) is 0 Å². The minimum Gasteiger partial charge on any atom is -0.392 e. The topological polar surface area (TPSA) is 32.3 Å². The average Bonchev–Trinajstić information content (AvgIpc) is 2.49. The molecule has 0 aliphatic carbocycles. The monoisotopic (exact) mass is 185 g/mol. The van der Waals surface area contributed by atoms with Crippen molar-refractivity contribution in [1.82, 2.24) is 5.32 Å². The van der Waals surface area contributed by atoms with Gasteiger partial charge in [-0.2, -0.15) is 0 Å². The van der Waals surface area contributed by atoms with E-state index in [0.29, 0.717) is 6.54 Å². The third-order valence-corrected chi connectivity index (χ3v) is 2.50. The smallest absolute Gasteiger partial charge is 0.0636 e. The van der Waals surface area contributed by atoms with E-state index in [0.717, 1.165) is 13.0 Å². The van der Waals surface area contributed by atoms with Gasteiger partial charge in [0.25, 0.3) is 0 Å². The maximum atomic E-state index is 8.95. The Morgan fingerprint density at radius 2 is 2.50 bits per heavy atom. The third-order valence-electron chi connectivity index (χ3n) is 1.57. The molecule has 1 aromatic heterocycles. The lowest BCUT2D eigenvalue weighted by Crippen LogP contribution is -2.26. The Morgan fingerprint density at radius 1 is 1.67 bits per heavy atom. The number of hydrogen-bond donors (Lipinski definition) is 2. The SMILES string of the molecule is C[C@@H](O)CNCCc1cccs1. The fourth-order valence-electron chi connectivity index (χ4n) is 0.977. The van der Waals surface area contributed by atoms with E-state index in [2.05, 4.69) is 22.8 Å². The highest BCUT2D eigenvalue weighted by Crippen LogP contribution is 2.07. The second-order valence-corrected chi connectivity index (χ2v) is 3.91. The minimum absolute atomic E-state index is 0.242. The zero-order valence-corrected chi connectivity index (χ0v) is 8.10. The van der Waals surface area contributed by atoms with Gasteiger partial charge in [0.15, 0.2) is 0 Å². The largest absolute Gasteiger partial charge is 0.392 e. The van der Waals surface area contributed by atoms with Crippen molar-refractivity contribution in [2.24, 2.45) is 0 Å². The molecule has 0 unspecified atom stereocenters. The second-order valence-electron chi connectivity index (χ2n) is 2.88. The zero-order chi connectivity index (χ0) is 8.81. The van der Waals surface area contributed by atoms with Gasteiger partial charge in [0, 0.05) is 18.0 Å². The van der Waals surface area contributed by atoms with Crippen molar-refractivity contribution >= 4 is 11.3 Å². The molecule has 0 bridgehead atoms. The molecule has 12 heavy (non-hydrogen) atoms. The lowest BCUT2D eigenvalue weighted by molar-refractivity contribution is 0.192. The van der Waals surface area contributed by atoms with Gasteiger partial charge in [-0.25, -0.2) is 0 Å². The molecule has 0 aromatic carbocycles. The summed E-state index contributed by atoms with van der Waals surface area (Å²) in [5.74, 6) is 0. The highest BCUT2D eigenvalue weighted by atomic mass is 32.1. The van der Waals surface area contributed by atoms with Gasteiger partial charge < -0.3 is 10.4 Å². The Hall–Kier alpha value is -0.380. The summed E-state index contributed by atoms with van der Waals surface area (Å²) >= 11 is 1.78. The standard InChI is InChI=1S/C9H15NOS/c1-8(11)7-10-5-4-9-3-2-6-12-9/h2-3,6,8,10-11H,4-5,7H2,1H3/t8-/m1/s1. The highest BCUT2D eigenvalue weighted by Gasteiger charge is 1.95. The molecule has 2 N–H and O–H groups in total. The van der Waals surface area contributed by atoms with Crippen LogP contribution in [0.5, 0.6) is 0 Å². The molecular weight excluding hydrogens is 170 g/mol. The summed E-state index contributed by atoms with van der Waals surface area (Å²) in [6.45, 7) is 3.43. The maximum absolute atomic E-state index is 8.95. The maximum Gasteiger partial charge on any atom is 0.0636 e. The van der Waals surface area contributed by atoms with Crippen molar-refractivity contribution in [2.45, 2.75) is 19.4 Å². The lowest BCUT2D eigenvalue weighted by atomic mass is 10.3. The van der Waals surface area contributed by atoms with E-state index in [9.17, 15) is 0 Å². The van der Waals surface area contributed by atoms with E-state index in [1.807, 2.05) is 0 Å². The van der Waals surface area contributed by atoms with Crippen molar-refractivity contribution in [1.29, 1.82) is 0 Å². The normalized spacial score (nSPS) is 13.2. The fraction of sp³-hybridized carbons (Fsp3) is 0.556. The number of rotatable bonds is 5. The lowest BCUT2D eigenvalue weighted by Gasteiger charge is -2.04. The van der Waals surface area contributed by atoms with Gasteiger partial charge in [-0.1, -0.05) is 6.07 Å². The molecule has 0 spiro atoms. The first-order chi connectivity index (χ1) is 5.79. The van der Waals surface area contributed by atoms with Crippen LogP contribution in [-0.2, 0) is 6.42 Å². The Morgan fingerprint density at radius 3 is 3.08 bits per heavy atom. The molecule has 0 aliphatic heterocycles. The molecule has 2 nitrogen and oxygen atoms in total. The van der Waals surface area contributed by atoms with Gasteiger partial charge in [0.1, 0.15) is 0 Å². The van der Waals surface area contributed by atoms with Crippen LogP contribution >= 0.6 is 11.3 Å². The van der Waals surface area contributed by atoms with Gasteiger partial charge in [0.2, 0.25) is 0 Å². The summed E-state index contributed by atoms with van der Waals surface area (Å²) in [4.78, 5) is 1.40. The molecule has 0 saturated heterocycles. The predicted molar refractivity (Wildman–Crippen MR) is 52.6 cm³/mol. The highest BCUT2D eigenvalue weighted by molar-refractivity contribution is 7.09. The molecule has 0 amide bonds. The summed E-state index contributed by atoms with van der Waals surface area (Å²) < 4.78 is 0. The van der Waals surface area contributed by atoms with Crippen LogP contribution in [0.2, 0.25) is 0 Å². The quantitative estimate of drug-likeness (QED) is 0.677. The van der Waals surface area contributed by atoms with E-state index >= 15 is 0 Å². The first-order valence-electron chi connectivity index (χ1n) is 4.20. The van der Waals surface area contributed by atoms with E-state index in [-0.39, 0.29) is 6.10 Å². The summed E-state index contributed by atoms with van der Waals surface area (Å²) in [6.07, 6.45) is 0.818. The van der Waals surface area contributed by atoms with Crippen LogP contribution < -0.4 is 5.32 Å². The molecule has 1 aromatic rings. The minimum atomic E-state index is -0.242. The second kappa shape index (κ2) is 5.30. The summed E-state index contributed by atoms with van der Waals surface area (Å²) in [5, 5.41) is 14.2. The first-order valence-corrected chi connectivity index (χ1v) is 5.08. The molecule has 1 heterocycles. The number of aliphatic hydroxyl groups is 1. The first kappa shape index (κ1) is 9.71. The molecule has 1 rings (SSSR count).